The van der Waals surface area contributed by atoms with Gasteiger partial charge in [0.15, 0.2) is 5.82 Å². The highest BCUT2D eigenvalue weighted by molar-refractivity contribution is 5.96. The van der Waals surface area contributed by atoms with Crippen molar-refractivity contribution in [2.75, 3.05) is 6.54 Å². The fourth-order valence-electron chi connectivity index (χ4n) is 4.15. The number of hydrogen-bond acceptors (Lipinski definition) is 3. The first kappa shape index (κ1) is 19.3. The van der Waals surface area contributed by atoms with Gasteiger partial charge in [0.2, 0.25) is 0 Å². The molecule has 0 aliphatic carbocycles. The number of aryl methyl sites for hydroxylation is 2. The second kappa shape index (κ2) is 7.21. The van der Waals surface area contributed by atoms with Crippen molar-refractivity contribution < 1.29 is 8.78 Å². The van der Waals surface area contributed by atoms with Gasteiger partial charge in [-0.05, 0) is 43.3 Å². The molecule has 2 aromatic carbocycles. The van der Waals surface area contributed by atoms with Gasteiger partial charge in [0.05, 0.1) is 16.7 Å². The summed E-state index contributed by atoms with van der Waals surface area (Å²) in [4.78, 5) is 12.8. The molecule has 0 bridgehead atoms. The van der Waals surface area contributed by atoms with Crippen LogP contribution in [0.3, 0.4) is 0 Å². The van der Waals surface area contributed by atoms with Crippen molar-refractivity contribution in [3.8, 4) is 17.1 Å². The van der Waals surface area contributed by atoms with Crippen LogP contribution in [0, 0.1) is 11.6 Å². The molecular formula is C22H20F2N6O. The van der Waals surface area contributed by atoms with Crippen LogP contribution >= 0.6 is 0 Å². The number of aromatic amines is 1. The Morgan fingerprint density at radius 3 is 2.77 bits per heavy atom. The number of aromatic nitrogens is 5. The largest absolute Gasteiger partial charge is 0.350 e. The van der Waals surface area contributed by atoms with Crippen molar-refractivity contribution in [2.45, 2.75) is 13.0 Å². The minimum absolute atomic E-state index is 0.253. The zero-order chi connectivity index (χ0) is 21.7. The quantitative estimate of drug-likeness (QED) is 0.456. The van der Waals surface area contributed by atoms with Gasteiger partial charge in [-0.15, -0.1) is 0 Å². The van der Waals surface area contributed by atoms with Crippen LogP contribution in [-0.2, 0) is 13.6 Å². The molecule has 0 saturated carbocycles. The summed E-state index contributed by atoms with van der Waals surface area (Å²) in [6.45, 7) is 1.12. The van der Waals surface area contributed by atoms with Crippen LogP contribution in [0.25, 0.3) is 38.9 Å². The van der Waals surface area contributed by atoms with Crippen molar-refractivity contribution in [3.05, 3.63) is 70.9 Å². The van der Waals surface area contributed by atoms with Crippen LogP contribution in [0.1, 0.15) is 6.42 Å². The third kappa shape index (κ3) is 2.97. The lowest BCUT2D eigenvalue weighted by molar-refractivity contribution is 0.629. The van der Waals surface area contributed by atoms with Crippen LogP contribution in [0.5, 0.6) is 0 Å². The van der Waals surface area contributed by atoms with Crippen molar-refractivity contribution in [2.24, 2.45) is 12.8 Å². The van der Waals surface area contributed by atoms with E-state index < -0.39 is 17.3 Å². The number of rotatable bonds is 5. The van der Waals surface area contributed by atoms with Gasteiger partial charge in [0.1, 0.15) is 11.6 Å². The van der Waals surface area contributed by atoms with Crippen molar-refractivity contribution >= 4 is 21.8 Å². The van der Waals surface area contributed by atoms with Crippen LogP contribution in [0.2, 0.25) is 0 Å². The topological polar surface area (TPSA) is 86.6 Å². The number of hydrogen-bond donors (Lipinski definition) is 2. The van der Waals surface area contributed by atoms with E-state index in [0.29, 0.717) is 40.6 Å². The fourth-order valence-corrected chi connectivity index (χ4v) is 4.15. The number of H-pyrrole nitrogens is 1. The summed E-state index contributed by atoms with van der Waals surface area (Å²) in [5.74, 6) is -0.575. The molecule has 0 aliphatic heterocycles. The molecule has 9 heteroatoms. The van der Waals surface area contributed by atoms with Crippen LogP contribution < -0.4 is 11.4 Å². The van der Waals surface area contributed by atoms with E-state index in [0.717, 1.165) is 11.9 Å². The van der Waals surface area contributed by atoms with Crippen molar-refractivity contribution in [1.29, 1.82) is 0 Å². The molecule has 0 aliphatic rings. The minimum atomic E-state index is -0.495. The van der Waals surface area contributed by atoms with Gasteiger partial charge in [-0.2, -0.15) is 5.10 Å². The predicted molar refractivity (Wildman–Crippen MR) is 115 cm³/mol. The third-order valence-corrected chi connectivity index (χ3v) is 5.54. The van der Waals surface area contributed by atoms with E-state index in [1.165, 1.54) is 22.8 Å². The van der Waals surface area contributed by atoms with Gasteiger partial charge in [0.25, 0.3) is 0 Å². The molecule has 3 N–H and O–H groups in total. The van der Waals surface area contributed by atoms with Gasteiger partial charge in [-0.1, -0.05) is 6.07 Å². The first-order chi connectivity index (χ1) is 15.0. The Kier molecular flexibility index (Phi) is 4.48. The van der Waals surface area contributed by atoms with Crippen molar-refractivity contribution in [1.82, 2.24) is 23.9 Å². The second-order valence-electron chi connectivity index (χ2n) is 7.49. The molecule has 0 radical (unpaired) electrons. The fraction of sp³-hybridized carbons (Fsp3) is 0.182. The van der Waals surface area contributed by atoms with Gasteiger partial charge in [-0.3, -0.25) is 0 Å². The zero-order valence-corrected chi connectivity index (χ0v) is 16.8. The Balaban J connectivity index is 1.81. The number of nitrogens with one attached hydrogen (secondary N) is 1. The summed E-state index contributed by atoms with van der Waals surface area (Å²) in [5.41, 5.74) is 7.54. The Hall–Kier alpha value is -3.72. The average molecular weight is 422 g/mol. The molecular weight excluding hydrogens is 402 g/mol. The maximum atomic E-state index is 14.7. The number of fused-ring (bicyclic) bond motifs is 2. The van der Waals surface area contributed by atoms with Gasteiger partial charge in [0, 0.05) is 42.3 Å². The molecule has 7 nitrogen and oxygen atoms in total. The summed E-state index contributed by atoms with van der Waals surface area (Å²) in [6, 6.07) is 9.24. The molecule has 158 valence electrons. The smallest absolute Gasteiger partial charge is 0.348 e. The highest BCUT2D eigenvalue weighted by Gasteiger charge is 2.22. The lowest BCUT2D eigenvalue weighted by Crippen LogP contribution is -2.15. The highest BCUT2D eigenvalue weighted by atomic mass is 19.1. The molecule has 31 heavy (non-hydrogen) atoms. The van der Waals surface area contributed by atoms with Gasteiger partial charge in [-0.25, -0.2) is 23.2 Å². The summed E-state index contributed by atoms with van der Waals surface area (Å²) >= 11 is 0. The first-order valence-electron chi connectivity index (χ1n) is 9.89. The molecule has 0 amide bonds. The number of benzene rings is 2. The number of halogens is 2. The normalized spacial score (nSPS) is 11.7. The molecule has 5 aromatic rings. The maximum Gasteiger partial charge on any atom is 0.348 e. The van der Waals surface area contributed by atoms with Crippen molar-refractivity contribution in [3.63, 3.8) is 0 Å². The number of nitrogens with zero attached hydrogens (tertiary/aromatic N) is 4. The molecule has 5 rings (SSSR count). The zero-order valence-electron chi connectivity index (χ0n) is 16.8. The molecule has 0 unspecified atom stereocenters. The third-order valence-electron chi connectivity index (χ3n) is 5.54. The van der Waals surface area contributed by atoms with E-state index in [9.17, 15) is 13.6 Å². The van der Waals surface area contributed by atoms with Gasteiger partial charge < -0.3 is 14.9 Å². The maximum absolute atomic E-state index is 14.7. The molecule has 0 fully saturated rings. The monoisotopic (exact) mass is 422 g/mol. The standard InChI is InChI=1S/C22H20F2N6O/c1-28-11-15(20-16(24)4-2-5-18(20)28)21-26-27-22(31)30(21)19-12-29(9-3-8-25)17-7-6-13(23)10-14(17)19/h2,4-7,10-12H,3,8-9,25H2,1H3,(H,27,31). The van der Waals surface area contributed by atoms with Crippen LogP contribution in [-0.4, -0.2) is 30.4 Å². The number of nitrogens with two attached hydrogens (primary N) is 1. The van der Waals surface area contributed by atoms with E-state index >= 15 is 0 Å². The van der Waals surface area contributed by atoms with Crippen LogP contribution in [0.15, 0.2) is 53.6 Å². The molecule has 0 saturated heterocycles. The van der Waals surface area contributed by atoms with E-state index in [4.69, 9.17) is 5.73 Å². The van der Waals surface area contributed by atoms with Crippen LogP contribution in [0.4, 0.5) is 8.78 Å². The second-order valence-corrected chi connectivity index (χ2v) is 7.49. The lowest BCUT2D eigenvalue weighted by Gasteiger charge is -2.04. The summed E-state index contributed by atoms with van der Waals surface area (Å²) in [5, 5.41) is 7.57. The SMILES string of the molecule is Cn1cc(-c2n[nH]c(=O)n2-c2cn(CCCN)c3ccc(F)cc23)c2c(F)cccc21. The Morgan fingerprint density at radius 1 is 1.13 bits per heavy atom. The summed E-state index contributed by atoms with van der Waals surface area (Å²) in [6.07, 6.45) is 4.23. The highest BCUT2D eigenvalue weighted by Crippen LogP contribution is 2.33. The van der Waals surface area contributed by atoms with E-state index in [2.05, 4.69) is 10.2 Å². The predicted octanol–water partition coefficient (Wildman–Crippen LogP) is 3.30. The van der Waals surface area contributed by atoms with E-state index in [-0.39, 0.29) is 5.82 Å². The Morgan fingerprint density at radius 2 is 1.97 bits per heavy atom. The molecule has 3 heterocycles. The Bertz CT molecular complexity index is 1490. The average Bonchev–Trinajstić information content (AvgIpc) is 3.40. The lowest BCUT2D eigenvalue weighted by atomic mass is 10.1. The first-order valence-corrected chi connectivity index (χ1v) is 9.89. The van der Waals surface area contributed by atoms with Gasteiger partial charge >= 0.3 is 5.69 Å². The summed E-state index contributed by atoms with van der Waals surface area (Å²) < 4.78 is 33.9. The molecule has 3 aromatic heterocycles. The molecule has 0 spiro atoms. The molecule has 0 atom stereocenters. The Labute approximate surface area is 175 Å². The van der Waals surface area contributed by atoms with E-state index in [1.54, 1.807) is 42.2 Å². The minimum Gasteiger partial charge on any atom is -0.350 e. The summed E-state index contributed by atoms with van der Waals surface area (Å²) in [7, 11) is 1.80. The van der Waals surface area contributed by atoms with E-state index in [1.807, 2.05) is 4.57 Å².